The molecule has 170 valence electrons. The Morgan fingerprint density at radius 2 is 1.32 bits per heavy atom. The summed E-state index contributed by atoms with van der Waals surface area (Å²) in [7, 11) is 0. The van der Waals surface area contributed by atoms with Crippen molar-refractivity contribution >= 4 is 34.0 Å². The smallest absolute Gasteiger partial charge is 0.234 e. The molecule has 0 unspecified atom stereocenters. The van der Waals surface area contributed by atoms with Crippen LogP contribution in [0.25, 0.3) is 19.8 Å². The SMILES string of the molecule is CCCCCCOc1nc(C)sc1-c1sc(-c2ncc(C)s2)nc1OCCCCCC. The standard InChI is InChI=1S/C23H33N3O2S3/c1-5-7-9-11-13-27-20-18(30-17(4)25-20)19-21(28-14-12-10-8-6-2)26-23(31-19)22-24-15-16(3)29-22/h15H,5-14H2,1-4H3. The molecular weight excluding hydrogens is 446 g/mol. The van der Waals surface area contributed by atoms with Crippen molar-refractivity contribution in [3.63, 3.8) is 0 Å². The zero-order valence-corrected chi connectivity index (χ0v) is 21.5. The monoisotopic (exact) mass is 479 g/mol. The number of aryl methyl sites for hydroxylation is 2. The number of hydrogen-bond acceptors (Lipinski definition) is 8. The molecule has 0 fully saturated rings. The van der Waals surface area contributed by atoms with Gasteiger partial charge in [-0.1, -0.05) is 52.4 Å². The highest BCUT2D eigenvalue weighted by atomic mass is 32.1. The Balaban J connectivity index is 1.81. The van der Waals surface area contributed by atoms with E-state index < -0.39 is 0 Å². The Morgan fingerprint density at radius 3 is 1.90 bits per heavy atom. The Morgan fingerprint density at radius 1 is 0.710 bits per heavy atom. The number of thiazole rings is 3. The molecule has 0 N–H and O–H groups in total. The Hall–Kier alpha value is -1.51. The van der Waals surface area contributed by atoms with Crippen molar-refractivity contribution in [2.45, 2.75) is 79.1 Å². The summed E-state index contributed by atoms with van der Waals surface area (Å²) >= 11 is 4.93. The molecular formula is C23H33N3O2S3. The fraction of sp³-hybridized carbons (Fsp3) is 0.609. The molecule has 0 amide bonds. The van der Waals surface area contributed by atoms with Gasteiger partial charge in [0.05, 0.1) is 18.2 Å². The summed E-state index contributed by atoms with van der Waals surface area (Å²) in [5, 5.41) is 2.83. The zero-order chi connectivity index (χ0) is 22.1. The molecule has 3 heterocycles. The van der Waals surface area contributed by atoms with Crippen molar-refractivity contribution in [3.8, 4) is 31.5 Å². The van der Waals surface area contributed by atoms with E-state index in [4.69, 9.17) is 14.5 Å². The molecule has 0 aliphatic carbocycles. The van der Waals surface area contributed by atoms with Crippen LogP contribution >= 0.6 is 34.0 Å². The molecule has 0 radical (unpaired) electrons. The average Bonchev–Trinajstić information content (AvgIpc) is 3.46. The molecule has 0 spiro atoms. The second-order valence-electron chi connectivity index (χ2n) is 7.61. The summed E-state index contributed by atoms with van der Waals surface area (Å²) in [6, 6.07) is 0. The van der Waals surface area contributed by atoms with Crippen molar-refractivity contribution in [3.05, 3.63) is 16.1 Å². The first kappa shape index (κ1) is 24.1. The van der Waals surface area contributed by atoms with E-state index in [1.165, 1.54) is 43.4 Å². The van der Waals surface area contributed by atoms with Crippen LogP contribution in [-0.4, -0.2) is 28.2 Å². The van der Waals surface area contributed by atoms with Gasteiger partial charge in [-0.15, -0.1) is 34.0 Å². The molecule has 5 nitrogen and oxygen atoms in total. The topological polar surface area (TPSA) is 57.1 Å². The summed E-state index contributed by atoms with van der Waals surface area (Å²) in [6.45, 7) is 9.90. The van der Waals surface area contributed by atoms with Crippen molar-refractivity contribution in [1.82, 2.24) is 15.0 Å². The van der Waals surface area contributed by atoms with Gasteiger partial charge in [0.15, 0.2) is 10.0 Å². The number of unbranched alkanes of at least 4 members (excludes halogenated alkanes) is 6. The van der Waals surface area contributed by atoms with Gasteiger partial charge in [0.2, 0.25) is 11.8 Å². The molecule has 0 aliphatic rings. The number of ether oxygens (including phenoxy) is 2. The third-order valence-electron chi connectivity index (χ3n) is 4.78. The molecule has 0 saturated carbocycles. The lowest BCUT2D eigenvalue weighted by molar-refractivity contribution is 0.292. The molecule has 0 aromatic carbocycles. The fourth-order valence-electron chi connectivity index (χ4n) is 3.14. The quantitative estimate of drug-likeness (QED) is 0.220. The van der Waals surface area contributed by atoms with Crippen LogP contribution in [0.15, 0.2) is 6.20 Å². The fourth-order valence-corrected chi connectivity index (χ4v) is 5.92. The third-order valence-corrected chi connectivity index (χ3v) is 7.99. The lowest BCUT2D eigenvalue weighted by atomic mass is 10.2. The van der Waals surface area contributed by atoms with Gasteiger partial charge in [-0.3, -0.25) is 0 Å². The van der Waals surface area contributed by atoms with Gasteiger partial charge >= 0.3 is 0 Å². The van der Waals surface area contributed by atoms with E-state index in [2.05, 4.69) is 30.7 Å². The van der Waals surface area contributed by atoms with E-state index in [0.717, 1.165) is 37.6 Å². The maximum atomic E-state index is 6.17. The number of aromatic nitrogens is 3. The second-order valence-corrected chi connectivity index (χ2v) is 11.1. The minimum atomic E-state index is 0.679. The zero-order valence-electron chi connectivity index (χ0n) is 19.0. The van der Waals surface area contributed by atoms with E-state index in [1.54, 1.807) is 34.0 Å². The van der Waals surface area contributed by atoms with E-state index in [0.29, 0.717) is 25.0 Å². The van der Waals surface area contributed by atoms with Crippen LogP contribution in [0.3, 0.4) is 0 Å². The van der Waals surface area contributed by atoms with E-state index in [1.807, 2.05) is 13.1 Å². The van der Waals surface area contributed by atoms with Crippen molar-refractivity contribution in [2.24, 2.45) is 0 Å². The highest BCUT2D eigenvalue weighted by Crippen LogP contribution is 2.46. The van der Waals surface area contributed by atoms with Crippen LogP contribution in [0.4, 0.5) is 0 Å². The Bertz CT molecular complexity index is 933. The lowest BCUT2D eigenvalue weighted by Crippen LogP contribution is -2.00. The van der Waals surface area contributed by atoms with Crippen molar-refractivity contribution in [1.29, 1.82) is 0 Å². The average molecular weight is 480 g/mol. The van der Waals surface area contributed by atoms with Crippen molar-refractivity contribution in [2.75, 3.05) is 13.2 Å². The first-order chi connectivity index (χ1) is 15.1. The Kier molecular flexibility index (Phi) is 9.74. The first-order valence-electron chi connectivity index (χ1n) is 11.3. The predicted octanol–water partition coefficient (Wildman–Crippen LogP) is 7.93. The number of rotatable bonds is 14. The first-order valence-corrected chi connectivity index (χ1v) is 13.7. The minimum Gasteiger partial charge on any atom is -0.477 e. The van der Waals surface area contributed by atoms with Crippen molar-refractivity contribution < 1.29 is 9.47 Å². The van der Waals surface area contributed by atoms with E-state index in [-0.39, 0.29) is 0 Å². The third kappa shape index (κ3) is 6.99. The maximum Gasteiger partial charge on any atom is 0.234 e. The van der Waals surface area contributed by atoms with Gasteiger partial charge in [0.25, 0.3) is 0 Å². The molecule has 3 rings (SSSR count). The Labute approximate surface area is 197 Å². The molecule has 31 heavy (non-hydrogen) atoms. The van der Waals surface area contributed by atoms with Crippen LogP contribution < -0.4 is 9.47 Å². The summed E-state index contributed by atoms with van der Waals surface area (Å²) in [5.74, 6) is 1.39. The van der Waals surface area contributed by atoms with Gasteiger partial charge in [-0.25, -0.2) is 9.97 Å². The van der Waals surface area contributed by atoms with Gasteiger partial charge in [-0.05, 0) is 26.7 Å². The van der Waals surface area contributed by atoms with Crippen LogP contribution in [0.5, 0.6) is 11.8 Å². The van der Waals surface area contributed by atoms with Gasteiger partial charge in [0.1, 0.15) is 9.75 Å². The highest BCUT2D eigenvalue weighted by Gasteiger charge is 2.23. The molecule has 0 bridgehead atoms. The molecule has 0 aliphatic heterocycles. The predicted molar refractivity (Wildman–Crippen MR) is 133 cm³/mol. The van der Waals surface area contributed by atoms with Crippen LogP contribution in [0.2, 0.25) is 0 Å². The summed E-state index contributed by atoms with van der Waals surface area (Å²) in [4.78, 5) is 17.2. The second kappa shape index (κ2) is 12.5. The molecule has 8 heteroatoms. The molecule has 3 aromatic heterocycles. The molecule has 0 atom stereocenters. The summed E-state index contributed by atoms with van der Waals surface area (Å²) in [5.41, 5.74) is 0. The summed E-state index contributed by atoms with van der Waals surface area (Å²) in [6.07, 6.45) is 11.3. The molecule has 3 aromatic rings. The normalized spacial score (nSPS) is 11.2. The number of nitrogens with zero attached hydrogens (tertiary/aromatic N) is 3. The lowest BCUT2D eigenvalue weighted by Gasteiger charge is -2.07. The largest absolute Gasteiger partial charge is 0.477 e. The number of hydrogen-bond donors (Lipinski definition) is 0. The van der Waals surface area contributed by atoms with E-state index >= 15 is 0 Å². The van der Waals surface area contributed by atoms with Gasteiger partial charge in [0, 0.05) is 11.1 Å². The van der Waals surface area contributed by atoms with Crippen LogP contribution in [0.1, 0.15) is 75.1 Å². The molecule has 0 saturated heterocycles. The van der Waals surface area contributed by atoms with Gasteiger partial charge < -0.3 is 9.47 Å². The van der Waals surface area contributed by atoms with Crippen LogP contribution in [-0.2, 0) is 0 Å². The maximum absolute atomic E-state index is 6.17. The summed E-state index contributed by atoms with van der Waals surface area (Å²) < 4.78 is 12.3. The van der Waals surface area contributed by atoms with E-state index in [9.17, 15) is 0 Å². The highest BCUT2D eigenvalue weighted by molar-refractivity contribution is 7.26. The van der Waals surface area contributed by atoms with Gasteiger partial charge in [-0.2, -0.15) is 4.98 Å². The minimum absolute atomic E-state index is 0.679. The van der Waals surface area contributed by atoms with Crippen LogP contribution in [0, 0.1) is 13.8 Å².